The van der Waals surface area contributed by atoms with Gasteiger partial charge in [0, 0.05) is 17.6 Å². The fourth-order valence-electron chi connectivity index (χ4n) is 1.60. The molecular formula is C9H19FN2. The highest BCUT2D eigenvalue weighted by Crippen LogP contribution is 2.12. The molecule has 72 valence electrons. The minimum Gasteiger partial charge on any atom is -0.313 e. The van der Waals surface area contributed by atoms with E-state index in [1.54, 1.807) is 0 Å². The Kier molecular flexibility index (Phi) is 3.07. The van der Waals surface area contributed by atoms with Crippen LogP contribution in [0, 0.1) is 0 Å². The number of nitrogens with one attached hydrogen (secondary N) is 2. The second kappa shape index (κ2) is 3.71. The molecule has 2 atom stereocenters. The first-order valence-corrected chi connectivity index (χ1v) is 4.62. The first-order valence-electron chi connectivity index (χ1n) is 4.62. The van der Waals surface area contributed by atoms with Crippen molar-refractivity contribution in [3.8, 4) is 0 Å². The number of halogens is 1. The molecule has 1 aliphatic rings. The Morgan fingerprint density at radius 2 is 2.25 bits per heavy atom. The maximum atomic E-state index is 12.5. The van der Waals surface area contributed by atoms with Gasteiger partial charge in [-0.1, -0.05) is 0 Å². The van der Waals surface area contributed by atoms with E-state index in [9.17, 15) is 4.39 Å². The highest BCUT2D eigenvalue weighted by Gasteiger charge is 2.28. The van der Waals surface area contributed by atoms with Gasteiger partial charge in [0.15, 0.2) is 0 Å². The lowest BCUT2D eigenvalue weighted by Gasteiger charge is -2.29. The molecule has 2 nitrogen and oxygen atoms in total. The fraction of sp³-hybridized carbons (Fsp3) is 1.00. The van der Waals surface area contributed by atoms with Crippen LogP contribution in [0.15, 0.2) is 0 Å². The Labute approximate surface area is 73.9 Å². The molecular weight excluding hydrogens is 155 g/mol. The molecule has 1 aliphatic heterocycles. The summed E-state index contributed by atoms with van der Waals surface area (Å²) in [6.07, 6.45) is 1.10. The molecule has 2 unspecified atom stereocenters. The Balaban J connectivity index is 2.39. The van der Waals surface area contributed by atoms with Crippen LogP contribution >= 0.6 is 0 Å². The largest absolute Gasteiger partial charge is 0.313 e. The van der Waals surface area contributed by atoms with Gasteiger partial charge in [-0.05, 0) is 33.7 Å². The summed E-state index contributed by atoms with van der Waals surface area (Å²) in [4.78, 5) is 0. The third-order valence-electron chi connectivity index (χ3n) is 2.44. The third kappa shape index (κ3) is 2.42. The van der Waals surface area contributed by atoms with Crippen LogP contribution in [0.5, 0.6) is 0 Å². The lowest BCUT2D eigenvalue weighted by molar-refractivity contribution is 0.253. The van der Waals surface area contributed by atoms with Crippen LogP contribution in [0.1, 0.15) is 27.2 Å². The van der Waals surface area contributed by atoms with E-state index in [-0.39, 0.29) is 12.2 Å². The molecule has 0 aromatic carbocycles. The minimum absolute atomic E-state index is 0.309. The number of alkyl halides is 1. The Morgan fingerprint density at radius 3 is 2.67 bits per heavy atom. The molecule has 3 heteroatoms. The molecule has 0 amide bonds. The summed E-state index contributed by atoms with van der Waals surface area (Å²) >= 11 is 0. The SMILES string of the molecule is CC1NCCC1NC(C)(C)CF. The number of hydrogen-bond acceptors (Lipinski definition) is 2. The van der Waals surface area contributed by atoms with Gasteiger partial charge < -0.3 is 10.6 Å². The van der Waals surface area contributed by atoms with Gasteiger partial charge in [0.05, 0.1) is 0 Å². The van der Waals surface area contributed by atoms with Gasteiger partial charge in [-0.3, -0.25) is 0 Å². The van der Waals surface area contributed by atoms with E-state index in [1.807, 2.05) is 13.8 Å². The monoisotopic (exact) mass is 174 g/mol. The maximum absolute atomic E-state index is 12.5. The van der Waals surface area contributed by atoms with E-state index in [0.29, 0.717) is 12.1 Å². The summed E-state index contributed by atoms with van der Waals surface area (Å²) in [5, 5.41) is 6.65. The summed E-state index contributed by atoms with van der Waals surface area (Å²) < 4.78 is 12.5. The summed E-state index contributed by atoms with van der Waals surface area (Å²) in [6, 6.07) is 0.895. The Hall–Kier alpha value is -0.150. The van der Waals surface area contributed by atoms with E-state index in [4.69, 9.17) is 0 Å². The van der Waals surface area contributed by atoms with Crippen molar-refractivity contribution in [2.45, 2.75) is 44.8 Å². The van der Waals surface area contributed by atoms with E-state index in [0.717, 1.165) is 13.0 Å². The van der Waals surface area contributed by atoms with Crippen LogP contribution < -0.4 is 10.6 Å². The molecule has 0 saturated carbocycles. The van der Waals surface area contributed by atoms with Crippen molar-refractivity contribution < 1.29 is 4.39 Å². The quantitative estimate of drug-likeness (QED) is 0.669. The van der Waals surface area contributed by atoms with E-state index in [2.05, 4.69) is 17.6 Å². The zero-order valence-corrected chi connectivity index (χ0v) is 8.15. The Morgan fingerprint density at radius 1 is 1.58 bits per heavy atom. The minimum atomic E-state index is -0.370. The summed E-state index contributed by atoms with van der Waals surface area (Å²) in [6.45, 7) is 6.67. The lowest BCUT2D eigenvalue weighted by Crippen LogP contribution is -2.51. The molecule has 1 saturated heterocycles. The normalized spacial score (nSPS) is 31.0. The van der Waals surface area contributed by atoms with E-state index >= 15 is 0 Å². The molecule has 1 rings (SSSR count). The van der Waals surface area contributed by atoms with Gasteiger partial charge in [0.1, 0.15) is 6.67 Å². The van der Waals surface area contributed by atoms with Crippen molar-refractivity contribution in [2.24, 2.45) is 0 Å². The average molecular weight is 174 g/mol. The van der Waals surface area contributed by atoms with Crippen molar-refractivity contribution >= 4 is 0 Å². The lowest BCUT2D eigenvalue weighted by atomic mass is 10.0. The molecule has 1 heterocycles. The molecule has 0 spiro atoms. The van der Waals surface area contributed by atoms with Crippen molar-refractivity contribution in [3.05, 3.63) is 0 Å². The highest BCUT2D eigenvalue weighted by atomic mass is 19.1. The van der Waals surface area contributed by atoms with Crippen LogP contribution in [-0.4, -0.2) is 30.8 Å². The van der Waals surface area contributed by atoms with Crippen molar-refractivity contribution in [1.82, 2.24) is 10.6 Å². The molecule has 0 aromatic heterocycles. The molecule has 2 N–H and O–H groups in total. The molecule has 0 aliphatic carbocycles. The van der Waals surface area contributed by atoms with Gasteiger partial charge >= 0.3 is 0 Å². The van der Waals surface area contributed by atoms with Crippen LogP contribution in [0.25, 0.3) is 0 Å². The fourth-order valence-corrected chi connectivity index (χ4v) is 1.60. The van der Waals surface area contributed by atoms with Crippen molar-refractivity contribution in [2.75, 3.05) is 13.2 Å². The van der Waals surface area contributed by atoms with Crippen molar-refractivity contribution in [1.29, 1.82) is 0 Å². The van der Waals surface area contributed by atoms with Gasteiger partial charge in [0.2, 0.25) is 0 Å². The third-order valence-corrected chi connectivity index (χ3v) is 2.44. The van der Waals surface area contributed by atoms with E-state index < -0.39 is 0 Å². The van der Waals surface area contributed by atoms with Crippen LogP contribution in [0.2, 0.25) is 0 Å². The Bertz CT molecular complexity index is 147. The summed E-state index contributed by atoms with van der Waals surface area (Å²) in [5.41, 5.74) is -0.370. The van der Waals surface area contributed by atoms with Gasteiger partial charge in [-0.15, -0.1) is 0 Å². The standard InChI is InChI=1S/C9H19FN2/c1-7-8(4-5-11-7)12-9(2,3)6-10/h7-8,11-12H,4-6H2,1-3H3. The molecule has 0 radical (unpaired) electrons. The van der Waals surface area contributed by atoms with E-state index in [1.165, 1.54) is 0 Å². The topological polar surface area (TPSA) is 24.1 Å². The highest BCUT2D eigenvalue weighted by molar-refractivity contribution is 4.91. The number of rotatable bonds is 3. The summed E-state index contributed by atoms with van der Waals surface area (Å²) in [5.74, 6) is 0. The van der Waals surface area contributed by atoms with Crippen LogP contribution in [0.3, 0.4) is 0 Å². The van der Waals surface area contributed by atoms with Gasteiger partial charge in [-0.2, -0.15) is 0 Å². The van der Waals surface area contributed by atoms with Gasteiger partial charge in [-0.25, -0.2) is 4.39 Å². The molecule has 0 bridgehead atoms. The molecule has 12 heavy (non-hydrogen) atoms. The predicted molar refractivity (Wildman–Crippen MR) is 49.1 cm³/mol. The maximum Gasteiger partial charge on any atom is 0.107 e. The zero-order chi connectivity index (χ0) is 9.19. The van der Waals surface area contributed by atoms with Crippen LogP contribution in [-0.2, 0) is 0 Å². The van der Waals surface area contributed by atoms with Crippen LogP contribution in [0.4, 0.5) is 4.39 Å². The predicted octanol–water partition coefficient (Wildman–Crippen LogP) is 1.07. The van der Waals surface area contributed by atoms with Crippen molar-refractivity contribution in [3.63, 3.8) is 0 Å². The first kappa shape index (κ1) is 9.93. The molecule has 1 fully saturated rings. The first-order chi connectivity index (χ1) is 5.55. The second-order valence-electron chi connectivity index (χ2n) is 4.30. The summed E-state index contributed by atoms with van der Waals surface area (Å²) in [7, 11) is 0. The van der Waals surface area contributed by atoms with Gasteiger partial charge in [0.25, 0.3) is 0 Å². The molecule has 0 aromatic rings. The zero-order valence-electron chi connectivity index (χ0n) is 8.15. The number of hydrogen-bond donors (Lipinski definition) is 2. The smallest absolute Gasteiger partial charge is 0.107 e. The average Bonchev–Trinajstić information content (AvgIpc) is 2.36. The second-order valence-corrected chi connectivity index (χ2v) is 4.30.